The van der Waals surface area contributed by atoms with Crippen molar-refractivity contribution in [2.24, 2.45) is 5.92 Å². The zero-order valence-electron chi connectivity index (χ0n) is 17.1. The molecule has 1 atom stereocenters. The van der Waals surface area contributed by atoms with Crippen LogP contribution in [0.25, 0.3) is 0 Å². The molecule has 1 unspecified atom stereocenters. The van der Waals surface area contributed by atoms with Crippen molar-refractivity contribution in [1.29, 1.82) is 0 Å². The van der Waals surface area contributed by atoms with Crippen LogP contribution in [0.2, 0.25) is 0 Å². The molecule has 4 nitrogen and oxygen atoms in total. The number of hydrogen-bond donors (Lipinski definition) is 2. The van der Waals surface area contributed by atoms with E-state index in [-0.39, 0.29) is 18.3 Å². The Morgan fingerprint density at radius 2 is 1.24 bits per heavy atom. The fourth-order valence-corrected chi connectivity index (χ4v) is 3.57. The van der Waals surface area contributed by atoms with Crippen molar-refractivity contribution in [3.05, 3.63) is 59.7 Å². The zero-order valence-corrected chi connectivity index (χ0v) is 19.4. The predicted octanol–water partition coefficient (Wildman–Crippen LogP) is -0.0577. The molecular weight excluding hydrogens is 433 g/mol. The lowest BCUT2D eigenvalue weighted by atomic mass is 9.76. The van der Waals surface area contributed by atoms with Crippen molar-refractivity contribution in [3.8, 4) is 11.5 Å². The number of halogens is 3. The second-order valence-electron chi connectivity index (χ2n) is 7.20. The Kier molecular flexibility index (Phi) is 11.2. The molecule has 0 spiro atoms. The fraction of sp³-hybridized carbons (Fsp3) is 0.455. The summed E-state index contributed by atoms with van der Waals surface area (Å²) in [6, 6.07) is 15.2. The third kappa shape index (κ3) is 6.94. The maximum Gasteiger partial charge on any atom is 0.122 e. The standard InChI is InChI=1S/C22H29Cl2NO3.ClH/c1-17(16-25(2)3)22(26,18-4-8-20(9-5-18)27-14-12-23)19-6-10-21(11-7-19)28-15-13-24;/h4-11,17,26H,12-16H2,1-3H3;1H. The van der Waals surface area contributed by atoms with Crippen molar-refractivity contribution in [2.45, 2.75) is 12.5 Å². The molecule has 0 fully saturated rings. The van der Waals surface area contributed by atoms with E-state index < -0.39 is 5.60 Å². The molecule has 2 N–H and O–H groups in total. The average Bonchev–Trinajstić information content (AvgIpc) is 2.70. The number of alkyl halides is 2. The van der Waals surface area contributed by atoms with E-state index in [1.54, 1.807) is 0 Å². The van der Waals surface area contributed by atoms with Gasteiger partial charge in [0, 0.05) is 5.92 Å². The summed E-state index contributed by atoms with van der Waals surface area (Å²) in [4.78, 5) is 1.27. The maximum atomic E-state index is 11.9. The smallest absolute Gasteiger partial charge is 0.122 e. The minimum atomic E-state index is -1.13. The van der Waals surface area contributed by atoms with Crippen LogP contribution in [0.4, 0.5) is 0 Å². The lowest BCUT2D eigenvalue weighted by molar-refractivity contribution is -0.862. The van der Waals surface area contributed by atoms with E-state index in [4.69, 9.17) is 32.7 Å². The number of ether oxygens (including phenoxy) is 2. The molecule has 2 aromatic carbocycles. The third-order valence-electron chi connectivity index (χ3n) is 4.71. The van der Waals surface area contributed by atoms with Crippen molar-refractivity contribution in [2.75, 3.05) is 45.6 Å². The Bertz CT molecular complexity index is 657. The first-order valence-corrected chi connectivity index (χ1v) is 10.6. The molecule has 0 radical (unpaired) electrons. The van der Waals surface area contributed by atoms with Crippen LogP contribution >= 0.6 is 23.2 Å². The average molecular weight is 463 g/mol. The molecule has 0 heterocycles. The Morgan fingerprint density at radius 1 is 0.862 bits per heavy atom. The molecule has 2 rings (SSSR count). The Hall–Kier alpha value is -1.17. The van der Waals surface area contributed by atoms with Gasteiger partial charge in [0.1, 0.15) is 30.3 Å². The molecule has 0 aliphatic carbocycles. The van der Waals surface area contributed by atoms with Gasteiger partial charge in [-0.15, -0.1) is 23.2 Å². The lowest BCUT2D eigenvalue weighted by Crippen LogP contribution is -3.06. The van der Waals surface area contributed by atoms with Gasteiger partial charge in [-0.2, -0.15) is 0 Å². The highest BCUT2D eigenvalue weighted by atomic mass is 35.5. The van der Waals surface area contributed by atoms with Crippen LogP contribution in [0.1, 0.15) is 18.1 Å². The van der Waals surface area contributed by atoms with Crippen molar-refractivity contribution in [1.82, 2.24) is 0 Å². The summed E-state index contributed by atoms with van der Waals surface area (Å²) in [5.41, 5.74) is 0.524. The van der Waals surface area contributed by atoms with Crippen molar-refractivity contribution in [3.63, 3.8) is 0 Å². The predicted molar refractivity (Wildman–Crippen MR) is 115 cm³/mol. The van der Waals surface area contributed by atoms with E-state index in [2.05, 4.69) is 21.0 Å². The highest BCUT2D eigenvalue weighted by molar-refractivity contribution is 6.18. The van der Waals surface area contributed by atoms with Gasteiger partial charge in [-0.3, -0.25) is 0 Å². The first-order valence-electron chi connectivity index (χ1n) is 9.51. The Balaban J connectivity index is 0.00000420. The van der Waals surface area contributed by atoms with Gasteiger partial charge < -0.3 is 31.9 Å². The van der Waals surface area contributed by atoms with Gasteiger partial charge in [-0.05, 0) is 35.4 Å². The van der Waals surface area contributed by atoms with Crippen LogP contribution in [0.5, 0.6) is 11.5 Å². The molecule has 29 heavy (non-hydrogen) atoms. The zero-order chi connectivity index (χ0) is 20.6. The van der Waals surface area contributed by atoms with Crippen LogP contribution in [-0.2, 0) is 5.60 Å². The second-order valence-corrected chi connectivity index (χ2v) is 7.96. The van der Waals surface area contributed by atoms with E-state index in [1.807, 2.05) is 48.5 Å². The molecule has 0 aliphatic heterocycles. The summed E-state index contributed by atoms with van der Waals surface area (Å²) in [6.07, 6.45) is 0. The maximum absolute atomic E-state index is 11.9. The summed E-state index contributed by atoms with van der Waals surface area (Å²) in [6.45, 7) is 3.79. The molecule has 0 amide bonds. The lowest BCUT2D eigenvalue weighted by Gasteiger charge is -2.35. The van der Waals surface area contributed by atoms with E-state index >= 15 is 0 Å². The number of benzene rings is 2. The first kappa shape index (κ1) is 25.9. The van der Waals surface area contributed by atoms with Crippen LogP contribution in [-0.4, -0.2) is 50.7 Å². The number of aliphatic hydroxyl groups is 1. The number of quaternary nitrogens is 1. The van der Waals surface area contributed by atoms with Gasteiger partial charge in [-0.25, -0.2) is 0 Å². The topological polar surface area (TPSA) is 43.1 Å². The van der Waals surface area contributed by atoms with Gasteiger partial charge in [0.2, 0.25) is 0 Å². The minimum absolute atomic E-state index is 0. The van der Waals surface area contributed by atoms with Crippen molar-refractivity contribution >= 4 is 23.2 Å². The van der Waals surface area contributed by atoms with E-state index in [0.29, 0.717) is 25.0 Å². The van der Waals surface area contributed by atoms with E-state index in [1.165, 1.54) is 4.90 Å². The summed E-state index contributed by atoms with van der Waals surface area (Å²) in [7, 11) is 4.17. The summed E-state index contributed by atoms with van der Waals surface area (Å²) >= 11 is 11.4. The molecule has 0 aliphatic rings. The highest BCUT2D eigenvalue weighted by Gasteiger charge is 2.39. The molecule has 2 aromatic rings. The number of hydrogen-bond acceptors (Lipinski definition) is 3. The monoisotopic (exact) mass is 461 g/mol. The highest BCUT2D eigenvalue weighted by Crippen LogP contribution is 2.37. The normalized spacial score (nSPS) is 12.4. The van der Waals surface area contributed by atoms with Gasteiger partial charge in [0.15, 0.2) is 0 Å². The summed E-state index contributed by atoms with van der Waals surface area (Å²) in [5, 5.41) is 11.9. The molecular formula is C22H30Cl3NO3. The molecule has 162 valence electrons. The van der Waals surface area contributed by atoms with Gasteiger partial charge in [0.05, 0.1) is 32.4 Å². The minimum Gasteiger partial charge on any atom is -1.00 e. The van der Waals surface area contributed by atoms with Crippen LogP contribution in [0.3, 0.4) is 0 Å². The van der Waals surface area contributed by atoms with E-state index in [9.17, 15) is 5.11 Å². The third-order valence-corrected chi connectivity index (χ3v) is 5.02. The number of nitrogens with one attached hydrogen (secondary N) is 1. The SMILES string of the molecule is CC(C[NH+](C)C)C(O)(c1ccc(OCCCl)cc1)c1ccc(OCCCl)cc1.[Cl-]. The second kappa shape index (κ2) is 12.5. The molecule has 0 saturated carbocycles. The van der Waals surface area contributed by atoms with Crippen LogP contribution in [0.15, 0.2) is 48.5 Å². The van der Waals surface area contributed by atoms with Gasteiger partial charge in [-0.1, -0.05) is 31.2 Å². The molecule has 7 heteroatoms. The van der Waals surface area contributed by atoms with Gasteiger partial charge in [0.25, 0.3) is 0 Å². The summed E-state index contributed by atoms with van der Waals surface area (Å²) in [5.74, 6) is 2.34. The van der Waals surface area contributed by atoms with Gasteiger partial charge >= 0.3 is 0 Å². The number of rotatable bonds is 11. The Morgan fingerprint density at radius 3 is 1.55 bits per heavy atom. The largest absolute Gasteiger partial charge is 1.00 e. The first-order chi connectivity index (χ1) is 13.4. The van der Waals surface area contributed by atoms with E-state index in [0.717, 1.165) is 29.2 Å². The summed E-state index contributed by atoms with van der Waals surface area (Å²) < 4.78 is 11.1. The fourth-order valence-electron chi connectivity index (χ4n) is 3.42. The van der Waals surface area contributed by atoms with Crippen LogP contribution in [0, 0.1) is 5.92 Å². The molecule has 0 bridgehead atoms. The molecule has 0 saturated heterocycles. The van der Waals surface area contributed by atoms with Crippen molar-refractivity contribution < 1.29 is 31.9 Å². The molecule has 0 aromatic heterocycles. The Labute approximate surface area is 190 Å². The quantitative estimate of drug-likeness (QED) is 0.460. The van der Waals surface area contributed by atoms with Crippen LogP contribution < -0.4 is 26.8 Å².